The second kappa shape index (κ2) is 8.15. The lowest BCUT2D eigenvalue weighted by Gasteiger charge is -2.33. The quantitative estimate of drug-likeness (QED) is 0.501. The fraction of sp³-hybridized carbons (Fsp3) is 0.250. The van der Waals surface area contributed by atoms with Crippen LogP contribution in [0.5, 0.6) is 5.75 Å². The van der Waals surface area contributed by atoms with Gasteiger partial charge in [0.15, 0.2) is 0 Å². The van der Waals surface area contributed by atoms with E-state index in [1.807, 2.05) is 19.1 Å². The van der Waals surface area contributed by atoms with Gasteiger partial charge in [-0.2, -0.15) is 0 Å². The summed E-state index contributed by atoms with van der Waals surface area (Å²) < 4.78 is 24.9. The van der Waals surface area contributed by atoms with E-state index >= 15 is 0 Å². The standard InChI is InChI=1S/C24H23FN2O3S/c1-14-12-24(2,3)27-19-8-7-16(17-6-5-15(25)11-20(17)29-4)18(21(14)19)13-30-23(28)22-26-9-10-31-22/h5-12,27H,13H2,1-4H3. The largest absolute Gasteiger partial charge is 0.496 e. The number of halogens is 1. The number of benzene rings is 2. The molecule has 1 N–H and O–H groups in total. The molecule has 2 aromatic carbocycles. The number of carbonyl (C=O) groups is 1. The van der Waals surface area contributed by atoms with Crippen LogP contribution in [-0.4, -0.2) is 23.6 Å². The van der Waals surface area contributed by atoms with Gasteiger partial charge in [0.1, 0.15) is 18.2 Å². The number of aromatic nitrogens is 1. The first kappa shape index (κ1) is 21.1. The Kier molecular flexibility index (Phi) is 5.54. The van der Waals surface area contributed by atoms with E-state index in [1.54, 1.807) is 17.6 Å². The predicted octanol–water partition coefficient (Wildman–Crippen LogP) is 5.92. The molecule has 31 heavy (non-hydrogen) atoms. The lowest BCUT2D eigenvalue weighted by atomic mass is 9.85. The van der Waals surface area contributed by atoms with Crippen molar-refractivity contribution in [2.24, 2.45) is 0 Å². The molecule has 3 aromatic rings. The second-order valence-corrected chi connectivity index (χ2v) is 8.84. The number of nitrogens with one attached hydrogen (secondary N) is 1. The molecule has 7 heteroatoms. The second-order valence-electron chi connectivity index (χ2n) is 7.95. The Bertz CT molecular complexity index is 1170. The smallest absolute Gasteiger partial charge is 0.367 e. The van der Waals surface area contributed by atoms with Crippen molar-refractivity contribution in [1.29, 1.82) is 0 Å². The van der Waals surface area contributed by atoms with E-state index in [-0.39, 0.29) is 18.0 Å². The predicted molar refractivity (Wildman–Crippen MR) is 121 cm³/mol. The zero-order valence-electron chi connectivity index (χ0n) is 17.8. The molecule has 0 amide bonds. The van der Waals surface area contributed by atoms with Crippen molar-refractivity contribution < 1.29 is 18.7 Å². The van der Waals surface area contributed by atoms with Gasteiger partial charge in [-0.05, 0) is 50.1 Å². The summed E-state index contributed by atoms with van der Waals surface area (Å²) in [5.41, 5.74) is 5.15. The third-order valence-electron chi connectivity index (χ3n) is 5.15. The van der Waals surface area contributed by atoms with E-state index in [0.29, 0.717) is 10.8 Å². The molecule has 1 aromatic heterocycles. The Labute approximate surface area is 184 Å². The Hall–Kier alpha value is -3.19. The van der Waals surface area contributed by atoms with E-state index < -0.39 is 5.97 Å². The number of ether oxygens (including phenoxy) is 2. The van der Waals surface area contributed by atoms with Crippen molar-refractivity contribution in [1.82, 2.24) is 4.98 Å². The van der Waals surface area contributed by atoms with Gasteiger partial charge in [0, 0.05) is 40.0 Å². The SMILES string of the molecule is COc1cc(F)ccc1-c1ccc2c(c1COC(=O)c1nccs1)C(C)=CC(C)(C)N2. The summed E-state index contributed by atoms with van der Waals surface area (Å²) in [5, 5.41) is 5.55. The maximum Gasteiger partial charge on any atom is 0.367 e. The van der Waals surface area contributed by atoms with Crippen LogP contribution in [0.1, 0.15) is 41.7 Å². The maximum atomic E-state index is 13.8. The van der Waals surface area contributed by atoms with Crippen LogP contribution < -0.4 is 10.1 Å². The number of allylic oxidation sites excluding steroid dienone is 1. The minimum atomic E-state index is -0.477. The number of thiazole rings is 1. The lowest BCUT2D eigenvalue weighted by Crippen LogP contribution is -2.32. The van der Waals surface area contributed by atoms with Crippen molar-refractivity contribution >= 4 is 28.6 Å². The number of nitrogens with zero attached hydrogens (tertiary/aromatic N) is 1. The molecule has 2 heterocycles. The van der Waals surface area contributed by atoms with Crippen LogP contribution >= 0.6 is 11.3 Å². The molecule has 0 unspecified atom stereocenters. The van der Waals surface area contributed by atoms with Crippen LogP contribution in [0.4, 0.5) is 10.1 Å². The van der Waals surface area contributed by atoms with E-state index in [0.717, 1.165) is 33.5 Å². The zero-order chi connectivity index (χ0) is 22.2. The molecular weight excluding hydrogens is 415 g/mol. The summed E-state index contributed by atoms with van der Waals surface area (Å²) in [6.45, 7) is 6.28. The van der Waals surface area contributed by atoms with Crippen molar-refractivity contribution in [3.05, 3.63) is 69.9 Å². The molecule has 4 rings (SSSR count). The first-order chi connectivity index (χ1) is 14.8. The van der Waals surface area contributed by atoms with Gasteiger partial charge in [0.2, 0.25) is 5.01 Å². The molecule has 0 atom stereocenters. The van der Waals surface area contributed by atoms with E-state index in [1.165, 1.54) is 30.6 Å². The third kappa shape index (κ3) is 4.18. The average molecular weight is 439 g/mol. The molecule has 0 radical (unpaired) electrons. The van der Waals surface area contributed by atoms with Gasteiger partial charge >= 0.3 is 5.97 Å². The summed E-state index contributed by atoms with van der Waals surface area (Å²) in [5.74, 6) is -0.441. The Balaban J connectivity index is 1.84. The van der Waals surface area contributed by atoms with Crippen LogP contribution in [-0.2, 0) is 11.3 Å². The Morgan fingerprint density at radius 3 is 2.71 bits per heavy atom. The summed E-state index contributed by atoms with van der Waals surface area (Å²) in [6.07, 6.45) is 3.71. The number of rotatable bonds is 5. The van der Waals surface area contributed by atoms with Gasteiger partial charge in [0.25, 0.3) is 0 Å². The van der Waals surface area contributed by atoms with Crippen molar-refractivity contribution in [3.63, 3.8) is 0 Å². The lowest BCUT2D eigenvalue weighted by molar-refractivity contribution is 0.0472. The number of hydrogen-bond donors (Lipinski definition) is 1. The molecular formula is C24H23FN2O3S. The molecule has 0 saturated heterocycles. The molecule has 0 fully saturated rings. The maximum absolute atomic E-state index is 13.8. The molecule has 0 saturated carbocycles. The molecule has 5 nitrogen and oxygen atoms in total. The van der Waals surface area contributed by atoms with Crippen molar-refractivity contribution in [2.45, 2.75) is 32.9 Å². The number of carbonyl (C=O) groups excluding carboxylic acids is 1. The van der Waals surface area contributed by atoms with E-state index in [9.17, 15) is 9.18 Å². The Morgan fingerprint density at radius 2 is 2.00 bits per heavy atom. The van der Waals surface area contributed by atoms with Crippen molar-refractivity contribution in [2.75, 3.05) is 12.4 Å². The number of hydrogen-bond acceptors (Lipinski definition) is 6. The van der Waals surface area contributed by atoms with Gasteiger partial charge in [-0.1, -0.05) is 12.1 Å². The molecule has 1 aliphatic heterocycles. The van der Waals surface area contributed by atoms with Gasteiger partial charge < -0.3 is 14.8 Å². The molecule has 1 aliphatic rings. The van der Waals surface area contributed by atoms with Gasteiger partial charge in [-0.15, -0.1) is 11.3 Å². The summed E-state index contributed by atoms with van der Waals surface area (Å²) in [6, 6.07) is 8.37. The summed E-state index contributed by atoms with van der Waals surface area (Å²) in [4.78, 5) is 16.5. The van der Waals surface area contributed by atoms with Crippen molar-refractivity contribution in [3.8, 4) is 16.9 Å². The number of methoxy groups -OCH3 is 1. The average Bonchev–Trinajstić information content (AvgIpc) is 3.25. The number of anilines is 1. The minimum absolute atomic E-state index is 0.0464. The molecule has 160 valence electrons. The van der Waals surface area contributed by atoms with Gasteiger partial charge in [-0.3, -0.25) is 0 Å². The Morgan fingerprint density at radius 1 is 1.23 bits per heavy atom. The number of esters is 1. The third-order valence-corrected chi connectivity index (χ3v) is 5.90. The topological polar surface area (TPSA) is 60.5 Å². The zero-order valence-corrected chi connectivity index (χ0v) is 18.6. The molecule has 0 aliphatic carbocycles. The molecule has 0 spiro atoms. The minimum Gasteiger partial charge on any atom is -0.496 e. The molecule has 0 bridgehead atoms. The van der Waals surface area contributed by atoms with E-state index in [4.69, 9.17) is 9.47 Å². The fourth-order valence-electron chi connectivity index (χ4n) is 4.01. The normalized spacial score (nSPS) is 14.3. The van der Waals surface area contributed by atoms with Crippen LogP contribution in [0.2, 0.25) is 0 Å². The van der Waals surface area contributed by atoms with Crippen LogP contribution in [0, 0.1) is 5.82 Å². The van der Waals surface area contributed by atoms with Gasteiger partial charge in [0.05, 0.1) is 12.6 Å². The highest BCUT2D eigenvalue weighted by Gasteiger charge is 2.27. The fourth-order valence-corrected chi connectivity index (χ4v) is 4.54. The van der Waals surface area contributed by atoms with Gasteiger partial charge in [-0.25, -0.2) is 14.2 Å². The highest BCUT2D eigenvalue weighted by Crippen LogP contribution is 2.42. The van der Waals surface area contributed by atoms with Crippen LogP contribution in [0.15, 0.2) is 48.0 Å². The highest BCUT2D eigenvalue weighted by molar-refractivity contribution is 7.11. The number of fused-ring (bicyclic) bond motifs is 1. The first-order valence-corrected chi connectivity index (χ1v) is 10.7. The monoisotopic (exact) mass is 438 g/mol. The first-order valence-electron chi connectivity index (χ1n) is 9.83. The van der Waals surface area contributed by atoms with E-state index in [2.05, 4.69) is 30.2 Å². The van der Waals surface area contributed by atoms with Crippen LogP contribution in [0.25, 0.3) is 16.7 Å². The summed E-state index contributed by atoms with van der Waals surface area (Å²) >= 11 is 1.23. The highest BCUT2D eigenvalue weighted by atomic mass is 32.1. The van der Waals surface area contributed by atoms with Crippen LogP contribution in [0.3, 0.4) is 0 Å². The summed E-state index contributed by atoms with van der Waals surface area (Å²) in [7, 11) is 1.51.